The minimum Gasteiger partial charge on any atom is -0.350 e. The second kappa shape index (κ2) is 9.41. The molecule has 1 aromatic heterocycles. The topological polar surface area (TPSA) is 78.1 Å². The van der Waals surface area contributed by atoms with Gasteiger partial charge in [0.25, 0.3) is 0 Å². The van der Waals surface area contributed by atoms with Crippen LogP contribution in [0.15, 0.2) is 47.4 Å². The lowest BCUT2D eigenvalue weighted by Crippen LogP contribution is -2.45. The number of likely N-dealkylation sites (tertiary alicyclic amines) is 1. The molecule has 2 aromatic carbocycles. The number of carbonyl (C=O) groups excluding carboxylic acids is 2. The van der Waals surface area contributed by atoms with Crippen molar-refractivity contribution in [2.24, 2.45) is 0 Å². The summed E-state index contributed by atoms with van der Waals surface area (Å²) in [6, 6.07) is 12.8. The zero-order valence-corrected chi connectivity index (χ0v) is 20.1. The molecule has 2 atom stereocenters. The average Bonchev–Trinajstić information content (AvgIpc) is 3.56. The summed E-state index contributed by atoms with van der Waals surface area (Å²) in [4.78, 5) is 36.4. The van der Waals surface area contributed by atoms with Gasteiger partial charge in [-0.25, -0.2) is 9.37 Å². The Kier molecular flexibility index (Phi) is 6.34. The van der Waals surface area contributed by atoms with E-state index in [4.69, 9.17) is 0 Å². The van der Waals surface area contributed by atoms with Crippen LogP contribution in [0.2, 0.25) is 0 Å². The lowest BCUT2D eigenvalue weighted by molar-refractivity contribution is -0.133. The van der Waals surface area contributed by atoms with Crippen LogP contribution in [0.25, 0.3) is 11.0 Å². The first kappa shape index (κ1) is 22.9. The van der Waals surface area contributed by atoms with E-state index in [-0.39, 0.29) is 29.2 Å². The van der Waals surface area contributed by atoms with Crippen LogP contribution < -0.4 is 5.32 Å². The first-order chi connectivity index (χ1) is 16.4. The fourth-order valence-electron chi connectivity index (χ4n) is 5.31. The molecule has 2 saturated heterocycles. The number of halogens is 1. The van der Waals surface area contributed by atoms with Gasteiger partial charge in [0.15, 0.2) is 0 Å². The third-order valence-electron chi connectivity index (χ3n) is 7.11. The highest BCUT2D eigenvalue weighted by molar-refractivity contribution is 7.98. The summed E-state index contributed by atoms with van der Waals surface area (Å²) in [7, 11) is 0. The normalized spacial score (nSPS) is 22.5. The summed E-state index contributed by atoms with van der Waals surface area (Å²) >= 11 is 1.70. The minimum absolute atomic E-state index is 0.0572. The Morgan fingerprint density at radius 3 is 2.82 bits per heavy atom. The molecule has 2 N–H and O–H groups in total. The predicted molar refractivity (Wildman–Crippen MR) is 131 cm³/mol. The van der Waals surface area contributed by atoms with Gasteiger partial charge in [0.1, 0.15) is 11.6 Å². The first-order valence-electron chi connectivity index (χ1n) is 11.8. The number of hydrogen-bond donors (Lipinski definition) is 2. The molecule has 5 rings (SSSR count). The zero-order chi connectivity index (χ0) is 23.7. The maximum absolute atomic E-state index is 13.6. The highest BCUT2D eigenvalue weighted by Gasteiger charge is 2.39. The standard InChI is InChI=1S/C26H29FN4O2S/c1-34-19-7-4-17(5-8-19)16-26(12-10-23(32)30-26)13-11-24(33)31-14-2-3-22(31)25-28-20-9-6-18(27)15-21(20)29-25/h4-9,15,22H,2-3,10-14,16H2,1H3,(H,28,29)(H,30,32)/t22-,26-/m0/s1. The summed E-state index contributed by atoms with van der Waals surface area (Å²) in [6.07, 6.45) is 6.73. The van der Waals surface area contributed by atoms with Gasteiger partial charge >= 0.3 is 0 Å². The molecule has 8 heteroatoms. The van der Waals surface area contributed by atoms with Crippen molar-refractivity contribution in [3.05, 3.63) is 59.7 Å². The number of fused-ring (bicyclic) bond motifs is 1. The number of amides is 2. The van der Waals surface area contributed by atoms with Crippen LogP contribution in [0.3, 0.4) is 0 Å². The molecule has 34 heavy (non-hydrogen) atoms. The number of nitrogens with one attached hydrogen (secondary N) is 2. The fourth-order valence-corrected chi connectivity index (χ4v) is 5.72. The summed E-state index contributed by atoms with van der Waals surface area (Å²) in [5.74, 6) is 0.535. The first-order valence-corrected chi connectivity index (χ1v) is 13.1. The summed E-state index contributed by atoms with van der Waals surface area (Å²) in [5.41, 5.74) is 2.13. The Morgan fingerprint density at radius 2 is 2.09 bits per heavy atom. The Balaban J connectivity index is 1.29. The number of rotatable bonds is 7. The summed E-state index contributed by atoms with van der Waals surface area (Å²) in [5, 5.41) is 3.19. The van der Waals surface area contributed by atoms with Crippen molar-refractivity contribution in [3.8, 4) is 0 Å². The molecule has 0 aliphatic carbocycles. The molecule has 6 nitrogen and oxygen atoms in total. The number of aromatic nitrogens is 2. The number of nitrogens with zero attached hydrogens (tertiary/aromatic N) is 2. The largest absolute Gasteiger partial charge is 0.350 e. The van der Waals surface area contributed by atoms with Gasteiger partial charge in [-0.15, -0.1) is 11.8 Å². The Bertz CT molecular complexity index is 1210. The number of hydrogen-bond acceptors (Lipinski definition) is 4. The van der Waals surface area contributed by atoms with Crippen LogP contribution in [0.1, 0.15) is 56.0 Å². The molecule has 0 saturated carbocycles. The average molecular weight is 481 g/mol. The van der Waals surface area contributed by atoms with Crippen LogP contribution in [-0.4, -0.2) is 45.0 Å². The third-order valence-corrected chi connectivity index (χ3v) is 7.85. The molecular formula is C26H29FN4O2S. The quantitative estimate of drug-likeness (QED) is 0.478. The van der Waals surface area contributed by atoms with E-state index in [1.165, 1.54) is 22.6 Å². The molecule has 0 spiro atoms. The van der Waals surface area contributed by atoms with Gasteiger partial charge in [-0.05, 0) is 74.3 Å². The van der Waals surface area contributed by atoms with Gasteiger partial charge in [0.05, 0.1) is 17.1 Å². The van der Waals surface area contributed by atoms with Crippen molar-refractivity contribution < 1.29 is 14.0 Å². The van der Waals surface area contributed by atoms with Gasteiger partial charge in [0.2, 0.25) is 11.8 Å². The van der Waals surface area contributed by atoms with E-state index in [9.17, 15) is 14.0 Å². The number of aromatic amines is 1. The van der Waals surface area contributed by atoms with E-state index < -0.39 is 0 Å². The van der Waals surface area contributed by atoms with Crippen molar-refractivity contribution >= 4 is 34.6 Å². The number of H-pyrrole nitrogens is 1. The smallest absolute Gasteiger partial charge is 0.223 e. The molecule has 178 valence electrons. The predicted octanol–water partition coefficient (Wildman–Crippen LogP) is 4.76. The van der Waals surface area contributed by atoms with Gasteiger partial charge in [-0.3, -0.25) is 9.59 Å². The van der Waals surface area contributed by atoms with Crippen LogP contribution in [-0.2, 0) is 16.0 Å². The second-order valence-electron chi connectivity index (χ2n) is 9.38. The van der Waals surface area contributed by atoms with Crippen molar-refractivity contribution in [2.45, 2.75) is 61.4 Å². The van der Waals surface area contributed by atoms with Crippen LogP contribution in [0.5, 0.6) is 0 Å². The molecule has 2 fully saturated rings. The van der Waals surface area contributed by atoms with Crippen molar-refractivity contribution in [3.63, 3.8) is 0 Å². The van der Waals surface area contributed by atoms with Crippen LogP contribution in [0.4, 0.5) is 4.39 Å². The third kappa shape index (κ3) is 4.69. The highest BCUT2D eigenvalue weighted by Crippen LogP contribution is 2.35. The molecule has 3 aromatic rings. The van der Waals surface area contributed by atoms with Gasteiger partial charge in [-0.1, -0.05) is 12.1 Å². The SMILES string of the molecule is CSc1ccc(C[C@@]2(CCC(=O)N3CCC[C@H]3c3nc4ccc(F)cc4[nH]3)CCC(=O)N2)cc1. The maximum atomic E-state index is 13.6. The molecular weight excluding hydrogens is 451 g/mol. The number of thioether (sulfide) groups is 1. The molecule has 2 amide bonds. The van der Waals surface area contributed by atoms with Crippen LogP contribution >= 0.6 is 11.8 Å². The van der Waals surface area contributed by atoms with Gasteiger partial charge in [0, 0.05) is 29.8 Å². The summed E-state index contributed by atoms with van der Waals surface area (Å²) in [6.45, 7) is 0.685. The minimum atomic E-state index is -0.389. The van der Waals surface area contributed by atoms with E-state index in [0.717, 1.165) is 25.7 Å². The lowest BCUT2D eigenvalue weighted by Gasteiger charge is -2.31. The molecule has 0 unspecified atom stereocenters. The second-order valence-corrected chi connectivity index (χ2v) is 10.3. The number of benzene rings is 2. The van der Waals surface area contributed by atoms with E-state index in [0.29, 0.717) is 42.7 Å². The molecule has 3 heterocycles. The fraction of sp³-hybridized carbons (Fsp3) is 0.423. The Labute approximate surface area is 202 Å². The highest BCUT2D eigenvalue weighted by atomic mass is 32.2. The van der Waals surface area contributed by atoms with Crippen molar-refractivity contribution in [1.29, 1.82) is 0 Å². The van der Waals surface area contributed by atoms with Gasteiger partial charge in [-0.2, -0.15) is 0 Å². The zero-order valence-electron chi connectivity index (χ0n) is 19.3. The van der Waals surface area contributed by atoms with E-state index in [2.05, 4.69) is 45.8 Å². The molecule has 2 aliphatic heterocycles. The monoisotopic (exact) mass is 480 g/mol. The lowest BCUT2D eigenvalue weighted by atomic mass is 9.85. The van der Waals surface area contributed by atoms with E-state index in [1.807, 2.05) is 4.90 Å². The van der Waals surface area contributed by atoms with E-state index >= 15 is 0 Å². The molecule has 2 aliphatic rings. The number of carbonyl (C=O) groups is 2. The van der Waals surface area contributed by atoms with E-state index in [1.54, 1.807) is 17.8 Å². The Hall–Kier alpha value is -2.87. The molecule has 0 bridgehead atoms. The maximum Gasteiger partial charge on any atom is 0.223 e. The Morgan fingerprint density at radius 1 is 1.26 bits per heavy atom. The number of imidazole rings is 1. The molecule has 0 radical (unpaired) electrons. The van der Waals surface area contributed by atoms with Crippen molar-refractivity contribution in [2.75, 3.05) is 12.8 Å². The van der Waals surface area contributed by atoms with Crippen molar-refractivity contribution in [1.82, 2.24) is 20.2 Å². The van der Waals surface area contributed by atoms with Gasteiger partial charge < -0.3 is 15.2 Å². The van der Waals surface area contributed by atoms with Crippen LogP contribution in [0, 0.1) is 5.82 Å². The summed E-state index contributed by atoms with van der Waals surface area (Å²) < 4.78 is 13.6.